The molecule has 20 heavy (non-hydrogen) atoms. The van der Waals surface area contributed by atoms with Gasteiger partial charge in [0.15, 0.2) is 0 Å². The van der Waals surface area contributed by atoms with Gasteiger partial charge in [0, 0.05) is 24.1 Å². The topological polar surface area (TPSA) is 34.1 Å². The predicted octanol–water partition coefficient (Wildman–Crippen LogP) is 4.33. The van der Waals surface area contributed by atoms with E-state index in [9.17, 15) is 0 Å². The summed E-state index contributed by atoms with van der Waals surface area (Å²) >= 11 is 1.80. The second-order valence-electron chi connectivity index (χ2n) is 6.51. The summed E-state index contributed by atoms with van der Waals surface area (Å²) in [5, 5.41) is 4.61. The lowest BCUT2D eigenvalue weighted by Crippen LogP contribution is -2.21. The molecule has 0 aliphatic rings. The standard InChI is InChI=1S/C16H30N2OS/c1-8-12-13(10-17-11(3)4)20-15(18-12)14(19-9-2)16(5,6)7/h11,14,17H,8-10H2,1-7H3. The normalized spacial score (nSPS) is 14.0. The van der Waals surface area contributed by atoms with Crippen LogP contribution < -0.4 is 5.32 Å². The number of thiazole rings is 1. The van der Waals surface area contributed by atoms with E-state index in [0.717, 1.165) is 24.6 Å². The number of aromatic nitrogens is 1. The predicted molar refractivity (Wildman–Crippen MR) is 87.3 cm³/mol. The van der Waals surface area contributed by atoms with Crippen molar-refractivity contribution in [3.8, 4) is 0 Å². The molecule has 0 radical (unpaired) electrons. The van der Waals surface area contributed by atoms with E-state index >= 15 is 0 Å². The first-order chi connectivity index (χ1) is 9.29. The van der Waals surface area contributed by atoms with Crippen LogP contribution in [0.4, 0.5) is 0 Å². The molecule has 1 aromatic rings. The number of aryl methyl sites for hydroxylation is 1. The Morgan fingerprint density at radius 3 is 2.35 bits per heavy atom. The maximum atomic E-state index is 5.96. The van der Waals surface area contributed by atoms with Crippen molar-refractivity contribution in [2.75, 3.05) is 6.61 Å². The molecule has 4 heteroatoms. The van der Waals surface area contributed by atoms with Crippen molar-refractivity contribution in [3.63, 3.8) is 0 Å². The van der Waals surface area contributed by atoms with Crippen LogP contribution in [-0.4, -0.2) is 17.6 Å². The van der Waals surface area contributed by atoms with Gasteiger partial charge in [-0.05, 0) is 18.8 Å². The molecule has 1 unspecified atom stereocenters. The van der Waals surface area contributed by atoms with Gasteiger partial charge in [0.05, 0.1) is 5.69 Å². The molecule has 0 bridgehead atoms. The molecule has 0 saturated carbocycles. The minimum absolute atomic E-state index is 0.0711. The van der Waals surface area contributed by atoms with Crippen LogP contribution in [0.15, 0.2) is 0 Å². The van der Waals surface area contributed by atoms with Crippen LogP contribution in [0.25, 0.3) is 0 Å². The Bertz CT molecular complexity index is 407. The van der Waals surface area contributed by atoms with Crippen LogP contribution in [0.2, 0.25) is 0 Å². The monoisotopic (exact) mass is 298 g/mol. The van der Waals surface area contributed by atoms with Gasteiger partial charge in [-0.15, -0.1) is 11.3 Å². The van der Waals surface area contributed by atoms with Gasteiger partial charge in [-0.1, -0.05) is 41.5 Å². The third-order valence-electron chi connectivity index (χ3n) is 3.14. The SMILES string of the molecule is CCOC(c1nc(CC)c(CNC(C)C)s1)C(C)(C)C. The summed E-state index contributed by atoms with van der Waals surface area (Å²) in [4.78, 5) is 6.20. The smallest absolute Gasteiger partial charge is 0.123 e. The molecule has 0 fully saturated rings. The van der Waals surface area contributed by atoms with Crippen molar-refractivity contribution in [2.24, 2.45) is 5.41 Å². The fraction of sp³-hybridized carbons (Fsp3) is 0.812. The van der Waals surface area contributed by atoms with Crippen molar-refractivity contribution < 1.29 is 4.74 Å². The largest absolute Gasteiger partial charge is 0.371 e. The summed E-state index contributed by atoms with van der Waals surface area (Å²) in [7, 11) is 0. The summed E-state index contributed by atoms with van der Waals surface area (Å²) in [5.41, 5.74) is 1.29. The first kappa shape index (κ1) is 17.6. The molecule has 116 valence electrons. The van der Waals surface area contributed by atoms with Crippen molar-refractivity contribution in [1.29, 1.82) is 0 Å². The lowest BCUT2D eigenvalue weighted by Gasteiger charge is -2.28. The fourth-order valence-electron chi connectivity index (χ4n) is 2.09. The van der Waals surface area contributed by atoms with E-state index in [4.69, 9.17) is 9.72 Å². The number of ether oxygens (including phenoxy) is 1. The van der Waals surface area contributed by atoms with Crippen LogP contribution in [0.5, 0.6) is 0 Å². The van der Waals surface area contributed by atoms with Crippen LogP contribution in [-0.2, 0) is 17.7 Å². The van der Waals surface area contributed by atoms with Crippen molar-refractivity contribution in [2.45, 2.75) is 73.6 Å². The summed E-state index contributed by atoms with van der Waals surface area (Å²) in [6.07, 6.45) is 1.06. The number of nitrogens with zero attached hydrogens (tertiary/aromatic N) is 1. The lowest BCUT2D eigenvalue weighted by molar-refractivity contribution is -0.0134. The molecule has 1 aromatic heterocycles. The average molecular weight is 298 g/mol. The van der Waals surface area contributed by atoms with Crippen LogP contribution >= 0.6 is 11.3 Å². The molecule has 1 atom stereocenters. The quantitative estimate of drug-likeness (QED) is 0.813. The molecule has 1 heterocycles. The zero-order chi connectivity index (χ0) is 15.3. The Balaban J connectivity index is 2.99. The maximum absolute atomic E-state index is 5.96. The Morgan fingerprint density at radius 2 is 1.90 bits per heavy atom. The van der Waals surface area contributed by atoms with Gasteiger partial charge in [0.1, 0.15) is 11.1 Å². The van der Waals surface area contributed by atoms with E-state index in [2.05, 4.69) is 46.9 Å². The molecule has 0 aliphatic heterocycles. The highest BCUT2D eigenvalue weighted by Gasteiger charge is 2.30. The molecule has 1 rings (SSSR count). The van der Waals surface area contributed by atoms with Gasteiger partial charge < -0.3 is 10.1 Å². The van der Waals surface area contributed by atoms with Crippen molar-refractivity contribution in [3.05, 3.63) is 15.6 Å². The molecule has 0 spiro atoms. The van der Waals surface area contributed by atoms with Crippen LogP contribution in [0.3, 0.4) is 0 Å². The minimum Gasteiger partial charge on any atom is -0.371 e. The van der Waals surface area contributed by atoms with E-state index < -0.39 is 0 Å². The summed E-state index contributed by atoms with van der Waals surface area (Å²) in [5.74, 6) is 0. The average Bonchev–Trinajstić information content (AvgIpc) is 2.74. The zero-order valence-corrected chi connectivity index (χ0v) is 14.9. The third kappa shape index (κ3) is 4.83. The molecule has 0 saturated heterocycles. The number of nitrogens with one attached hydrogen (secondary N) is 1. The van der Waals surface area contributed by atoms with Gasteiger partial charge >= 0.3 is 0 Å². The van der Waals surface area contributed by atoms with E-state index in [1.807, 2.05) is 6.92 Å². The minimum atomic E-state index is 0.0711. The molecule has 0 aliphatic carbocycles. The first-order valence-corrected chi connectivity index (χ1v) is 8.44. The second kappa shape index (κ2) is 7.53. The maximum Gasteiger partial charge on any atom is 0.123 e. The van der Waals surface area contributed by atoms with Gasteiger partial charge in [-0.3, -0.25) is 0 Å². The fourth-order valence-corrected chi connectivity index (χ4v) is 3.49. The van der Waals surface area contributed by atoms with E-state index in [1.54, 1.807) is 11.3 Å². The van der Waals surface area contributed by atoms with E-state index in [-0.39, 0.29) is 11.5 Å². The Kier molecular flexibility index (Phi) is 6.62. The second-order valence-corrected chi connectivity index (χ2v) is 7.63. The van der Waals surface area contributed by atoms with Gasteiger partial charge in [-0.25, -0.2) is 4.98 Å². The highest BCUT2D eigenvalue weighted by atomic mass is 32.1. The molecule has 3 nitrogen and oxygen atoms in total. The first-order valence-electron chi connectivity index (χ1n) is 7.63. The molecular weight excluding hydrogens is 268 g/mol. The van der Waals surface area contributed by atoms with Crippen LogP contribution in [0.1, 0.15) is 70.1 Å². The van der Waals surface area contributed by atoms with Crippen molar-refractivity contribution >= 4 is 11.3 Å². The number of rotatable bonds is 7. The summed E-state index contributed by atoms with van der Waals surface area (Å²) < 4.78 is 5.96. The highest BCUT2D eigenvalue weighted by Crippen LogP contribution is 2.38. The molecule has 0 aromatic carbocycles. The lowest BCUT2D eigenvalue weighted by atomic mass is 9.89. The molecule has 1 N–H and O–H groups in total. The third-order valence-corrected chi connectivity index (χ3v) is 4.29. The number of hydrogen-bond donors (Lipinski definition) is 1. The van der Waals surface area contributed by atoms with Gasteiger partial charge in [0.25, 0.3) is 0 Å². The van der Waals surface area contributed by atoms with Crippen LogP contribution in [0, 0.1) is 5.41 Å². The summed E-state index contributed by atoms with van der Waals surface area (Å²) in [6, 6.07) is 0.496. The molecule has 0 amide bonds. The number of hydrogen-bond acceptors (Lipinski definition) is 4. The Hall–Kier alpha value is -0.450. The summed E-state index contributed by atoms with van der Waals surface area (Å²) in [6.45, 7) is 16.8. The van der Waals surface area contributed by atoms with E-state index in [1.165, 1.54) is 10.6 Å². The van der Waals surface area contributed by atoms with E-state index in [0.29, 0.717) is 6.04 Å². The Labute approximate surface area is 128 Å². The Morgan fingerprint density at radius 1 is 1.25 bits per heavy atom. The zero-order valence-electron chi connectivity index (χ0n) is 14.0. The van der Waals surface area contributed by atoms with Gasteiger partial charge in [-0.2, -0.15) is 0 Å². The van der Waals surface area contributed by atoms with Gasteiger partial charge in [0.2, 0.25) is 0 Å². The van der Waals surface area contributed by atoms with Crippen molar-refractivity contribution in [1.82, 2.24) is 10.3 Å². The highest BCUT2D eigenvalue weighted by molar-refractivity contribution is 7.11. The molecular formula is C16H30N2OS.